The summed E-state index contributed by atoms with van der Waals surface area (Å²) in [5.74, 6) is 1.80. The number of anilines is 3. The van der Waals surface area contributed by atoms with E-state index in [1.165, 1.54) is 49.7 Å². The van der Waals surface area contributed by atoms with Crippen LogP contribution >= 0.6 is 0 Å². The van der Waals surface area contributed by atoms with Crippen LogP contribution in [-0.4, -0.2) is 0 Å². The highest BCUT2D eigenvalue weighted by molar-refractivity contribution is 6.10. The second-order valence-corrected chi connectivity index (χ2v) is 14.8. The lowest BCUT2D eigenvalue weighted by atomic mass is 9.65. The van der Waals surface area contributed by atoms with Gasteiger partial charge in [0.05, 0.1) is 11.1 Å². The van der Waals surface area contributed by atoms with Crippen LogP contribution in [0.3, 0.4) is 0 Å². The zero-order chi connectivity index (χ0) is 36.8. The molecule has 10 aromatic rings. The highest BCUT2D eigenvalue weighted by atomic mass is 16.5. The molecule has 3 heteroatoms. The lowest BCUT2D eigenvalue weighted by molar-refractivity contribution is 0.438. The molecule has 0 saturated heterocycles. The van der Waals surface area contributed by atoms with Crippen molar-refractivity contribution in [1.82, 2.24) is 0 Å². The molecule has 2 heterocycles. The van der Waals surface area contributed by atoms with Crippen LogP contribution in [0.1, 0.15) is 22.3 Å². The molecule has 12 rings (SSSR count). The molecule has 9 aromatic carbocycles. The van der Waals surface area contributed by atoms with Crippen molar-refractivity contribution >= 4 is 49.8 Å². The van der Waals surface area contributed by atoms with Crippen molar-refractivity contribution in [2.75, 3.05) is 4.90 Å². The van der Waals surface area contributed by atoms with Crippen molar-refractivity contribution < 1.29 is 9.15 Å². The van der Waals surface area contributed by atoms with E-state index < -0.39 is 5.41 Å². The zero-order valence-corrected chi connectivity index (χ0v) is 30.3. The highest BCUT2D eigenvalue weighted by Crippen LogP contribution is 2.64. The smallest absolute Gasteiger partial charge is 0.159 e. The van der Waals surface area contributed by atoms with Gasteiger partial charge in [-0.15, -0.1) is 0 Å². The molecule has 0 saturated carbocycles. The Balaban J connectivity index is 1.07. The van der Waals surface area contributed by atoms with Gasteiger partial charge in [-0.05, 0) is 92.7 Å². The predicted molar refractivity (Wildman–Crippen MR) is 229 cm³/mol. The Morgan fingerprint density at radius 2 is 1.07 bits per heavy atom. The fraction of sp³-hybridized carbons (Fsp3) is 0.0189. The molecule has 0 radical (unpaired) electrons. The van der Waals surface area contributed by atoms with E-state index in [2.05, 4.69) is 193 Å². The third-order valence-electron chi connectivity index (χ3n) is 11.9. The highest BCUT2D eigenvalue weighted by Gasteiger charge is 2.52. The summed E-state index contributed by atoms with van der Waals surface area (Å²) in [6.07, 6.45) is 0. The van der Waals surface area contributed by atoms with Crippen molar-refractivity contribution in [2.24, 2.45) is 0 Å². The first-order valence-corrected chi connectivity index (χ1v) is 19.2. The van der Waals surface area contributed by atoms with Gasteiger partial charge >= 0.3 is 0 Å². The summed E-state index contributed by atoms with van der Waals surface area (Å²) in [5.41, 5.74) is 14.1. The molecule has 56 heavy (non-hydrogen) atoms. The molecule has 0 fully saturated rings. The topological polar surface area (TPSA) is 25.6 Å². The molecule has 1 aliphatic carbocycles. The lowest BCUT2D eigenvalue weighted by Gasteiger charge is -2.40. The first-order valence-electron chi connectivity index (χ1n) is 19.2. The molecule has 0 bridgehead atoms. The van der Waals surface area contributed by atoms with Gasteiger partial charge in [0.1, 0.15) is 17.1 Å². The van der Waals surface area contributed by atoms with Crippen LogP contribution in [0, 0.1) is 0 Å². The Bertz CT molecular complexity index is 3180. The summed E-state index contributed by atoms with van der Waals surface area (Å²) < 4.78 is 13.3. The molecule has 1 atom stereocenters. The van der Waals surface area contributed by atoms with E-state index in [1.807, 2.05) is 12.1 Å². The molecule has 1 aliphatic heterocycles. The number of nitrogens with zero attached hydrogens (tertiary/aromatic N) is 1. The van der Waals surface area contributed by atoms with Crippen LogP contribution < -0.4 is 9.64 Å². The van der Waals surface area contributed by atoms with Gasteiger partial charge in [0.15, 0.2) is 5.58 Å². The number of fused-ring (bicyclic) bond motifs is 14. The Hall–Kier alpha value is -7.36. The number of furan rings is 1. The normalized spacial score (nSPS) is 15.0. The third-order valence-corrected chi connectivity index (χ3v) is 11.9. The van der Waals surface area contributed by atoms with E-state index in [4.69, 9.17) is 9.15 Å². The molecule has 262 valence electrons. The van der Waals surface area contributed by atoms with E-state index in [0.29, 0.717) is 0 Å². The van der Waals surface area contributed by atoms with E-state index in [-0.39, 0.29) is 0 Å². The average molecular weight is 716 g/mol. The van der Waals surface area contributed by atoms with Crippen LogP contribution in [0.2, 0.25) is 0 Å². The van der Waals surface area contributed by atoms with Crippen LogP contribution in [-0.2, 0) is 5.41 Å². The first kappa shape index (κ1) is 31.0. The molecule has 1 unspecified atom stereocenters. The van der Waals surface area contributed by atoms with Crippen molar-refractivity contribution in [3.8, 4) is 33.8 Å². The quantitative estimate of drug-likeness (QED) is 0.181. The van der Waals surface area contributed by atoms with Gasteiger partial charge in [-0.1, -0.05) is 152 Å². The van der Waals surface area contributed by atoms with Crippen molar-refractivity contribution in [2.45, 2.75) is 5.41 Å². The summed E-state index contributed by atoms with van der Waals surface area (Å²) in [5, 5.41) is 4.63. The minimum absolute atomic E-state index is 0.567. The molecule has 1 spiro atoms. The van der Waals surface area contributed by atoms with Gasteiger partial charge in [0, 0.05) is 33.3 Å². The fourth-order valence-electron chi connectivity index (χ4n) is 9.67. The van der Waals surface area contributed by atoms with Crippen molar-refractivity contribution in [3.05, 3.63) is 222 Å². The predicted octanol–water partition coefficient (Wildman–Crippen LogP) is 14.3. The second kappa shape index (κ2) is 11.8. The number of hydrogen-bond donors (Lipinski definition) is 0. The van der Waals surface area contributed by atoms with Gasteiger partial charge in [-0.3, -0.25) is 0 Å². The standard InChI is InChI=1S/C53H33NO2/c1-2-15-36(16-3-1)54(46-25-13-21-41-40-18-7-10-26-47(40)56-52(41)46)37-31-28-35(29-32-37)38-20-12-24-45-50(38)42-19-6-8-22-43(42)53(45)44-23-9-11-27-48(44)55-49-33-30-34-14-4-5-17-39(34)51(49)53/h1-33H. The van der Waals surface area contributed by atoms with Gasteiger partial charge in [0.2, 0.25) is 0 Å². The number of rotatable bonds is 4. The van der Waals surface area contributed by atoms with Crippen molar-refractivity contribution in [3.63, 3.8) is 0 Å². The van der Waals surface area contributed by atoms with E-state index in [1.54, 1.807) is 0 Å². The minimum atomic E-state index is -0.567. The van der Waals surface area contributed by atoms with E-state index in [0.717, 1.165) is 56.1 Å². The lowest BCUT2D eigenvalue weighted by Crippen LogP contribution is -2.32. The van der Waals surface area contributed by atoms with E-state index in [9.17, 15) is 0 Å². The maximum atomic E-state index is 6.76. The number of benzene rings is 9. The van der Waals surface area contributed by atoms with E-state index >= 15 is 0 Å². The summed E-state index contributed by atoms with van der Waals surface area (Å²) >= 11 is 0. The molecular weight excluding hydrogens is 683 g/mol. The Kier molecular flexibility index (Phi) is 6.55. The van der Waals surface area contributed by atoms with Crippen molar-refractivity contribution in [1.29, 1.82) is 0 Å². The van der Waals surface area contributed by atoms with Crippen LogP contribution in [0.4, 0.5) is 17.1 Å². The molecule has 0 amide bonds. The van der Waals surface area contributed by atoms with Crippen LogP contribution in [0.25, 0.3) is 55.0 Å². The second-order valence-electron chi connectivity index (χ2n) is 14.8. The molecule has 0 N–H and O–H groups in total. The minimum Gasteiger partial charge on any atom is -0.457 e. The van der Waals surface area contributed by atoms with Gasteiger partial charge in [-0.2, -0.15) is 0 Å². The summed E-state index contributed by atoms with van der Waals surface area (Å²) in [7, 11) is 0. The third kappa shape index (κ3) is 4.22. The number of para-hydroxylation sites is 4. The number of hydrogen-bond acceptors (Lipinski definition) is 3. The first-order chi connectivity index (χ1) is 27.8. The molecule has 1 aromatic heterocycles. The Morgan fingerprint density at radius 1 is 0.411 bits per heavy atom. The number of ether oxygens (including phenoxy) is 1. The molecular formula is C53H33NO2. The summed E-state index contributed by atoms with van der Waals surface area (Å²) in [4.78, 5) is 2.30. The molecule has 2 aliphatic rings. The van der Waals surface area contributed by atoms with Gasteiger partial charge in [0.25, 0.3) is 0 Å². The zero-order valence-electron chi connectivity index (χ0n) is 30.3. The maximum absolute atomic E-state index is 6.76. The fourth-order valence-corrected chi connectivity index (χ4v) is 9.67. The Morgan fingerprint density at radius 3 is 1.96 bits per heavy atom. The van der Waals surface area contributed by atoms with Gasteiger partial charge in [-0.25, -0.2) is 0 Å². The van der Waals surface area contributed by atoms with Crippen LogP contribution in [0.15, 0.2) is 205 Å². The SMILES string of the molecule is c1ccc(N(c2ccc(-c3cccc4c3-c3ccccc3C43c4ccccc4Oc4ccc5ccccc5c43)cc2)c2cccc3c2oc2ccccc23)cc1. The molecule has 3 nitrogen and oxygen atoms in total. The maximum Gasteiger partial charge on any atom is 0.159 e. The van der Waals surface area contributed by atoms with Crippen LogP contribution in [0.5, 0.6) is 11.5 Å². The Labute approximate surface area is 324 Å². The monoisotopic (exact) mass is 715 g/mol. The van der Waals surface area contributed by atoms with Gasteiger partial charge < -0.3 is 14.1 Å². The summed E-state index contributed by atoms with van der Waals surface area (Å²) in [6.45, 7) is 0. The largest absolute Gasteiger partial charge is 0.457 e. The summed E-state index contributed by atoms with van der Waals surface area (Å²) in [6, 6.07) is 71.8. The average Bonchev–Trinajstić information content (AvgIpc) is 3.79.